The number of hydrazine groups is 1. The fraction of sp³-hybridized carbons (Fsp3) is 0.583. The molecule has 16 heavy (non-hydrogen) atoms. The Morgan fingerprint density at radius 1 is 1.38 bits per heavy atom. The Morgan fingerprint density at radius 3 is 2.44 bits per heavy atom. The Hall–Kier alpha value is -1.29. The molecule has 92 valence electrons. The third-order valence-electron chi connectivity index (χ3n) is 1.60. The molecule has 4 nitrogen and oxygen atoms in total. The molecule has 1 amide bonds. The van der Waals surface area contributed by atoms with Gasteiger partial charge in [-0.1, -0.05) is 12.2 Å². The van der Waals surface area contributed by atoms with E-state index in [9.17, 15) is 4.79 Å². The van der Waals surface area contributed by atoms with Crippen molar-refractivity contribution < 1.29 is 9.53 Å². The molecule has 0 fully saturated rings. The van der Waals surface area contributed by atoms with E-state index >= 15 is 0 Å². The van der Waals surface area contributed by atoms with E-state index in [4.69, 9.17) is 4.74 Å². The molecule has 0 rings (SSSR count). The number of hydrogen-bond donors (Lipinski definition) is 1. The highest BCUT2D eigenvalue weighted by molar-refractivity contribution is 5.67. The molecule has 0 spiro atoms. The standard InChI is InChI=1S/C12H22N2O2/c1-6-8-10-14(9-7-2)13-11(15)16-12(3,4)5/h6-7H,1-2,8-10H2,3-5H3,(H,13,15). The van der Waals surface area contributed by atoms with Gasteiger partial charge in [-0.05, 0) is 27.2 Å². The minimum absolute atomic E-state index is 0.446. The number of carbonyl (C=O) groups is 1. The largest absolute Gasteiger partial charge is 0.443 e. The van der Waals surface area contributed by atoms with E-state index < -0.39 is 11.7 Å². The first-order valence-electron chi connectivity index (χ1n) is 5.35. The van der Waals surface area contributed by atoms with Crippen LogP contribution in [0.3, 0.4) is 0 Å². The SMILES string of the molecule is C=CCCN(CC=C)NC(=O)OC(C)(C)C. The van der Waals surface area contributed by atoms with Crippen molar-refractivity contribution in [2.45, 2.75) is 32.8 Å². The number of nitrogens with one attached hydrogen (secondary N) is 1. The lowest BCUT2D eigenvalue weighted by molar-refractivity contribution is 0.0350. The fourth-order valence-corrected chi connectivity index (χ4v) is 1.03. The number of nitrogens with zero attached hydrogens (tertiary/aromatic N) is 1. The van der Waals surface area contributed by atoms with Gasteiger partial charge in [-0.3, -0.25) is 5.43 Å². The summed E-state index contributed by atoms with van der Waals surface area (Å²) in [6.45, 7) is 14.0. The van der Waals surface area contributed by atoms with Crippen molar-refractivity contribution in [1.29, 1.82) is 0 Å². The van der Waals surface area contributed by atoms with E-state index in [0.717, 1.165) is 6.42 Å². The summed E-state index contributed by atoms with van der Waals surface area (Å²) in [5.41, 5.74) is 2.18. The molecule has 1 N–H and O–H groups in total. The molecule has 0 aliphatic heterocycles. The van der Waals surface area contributed by atoms with Crippen molar-refractivity contribution in [1.82, 2.24) is 10.4 Å². The van der Waals surface area contributed by atoms with Gasteiger partial charge in [0.15, 0.2) is 0 Å². The Balaban J connectivity index is 4.11. The molecule has 0 aliphatic carbocycles. The first-order chi connectivity index (χ1) is 7.39. The van der Waals surface area contributed by atoms with Crippen LogP contribution in [0.4, 0.5) is 4.79 Å². The molecule has 0 unspecified atom stereocenters. The molecular formula is C12H22N2O2. The van der Waals surface area contributed by atoms with Crippen molar-refractivity contribution in [3.8, 4) is 0 Å². The predicted molar refractivity (Wildman–Crippen MR) is 66.0 cm³/mol. The second-order valence-electron chi connectivity index (χ2n) is 4.43. The summed E-state index contributed by atoms with van der Waals surface area (Å²) in [6.07, 6.45) is 3.87. The number of rotatable bonds is 6. The molecule has 0 aromatic rings. The van der Waals surface area contributed by atoms with Crippen LogP contribution in [0, 0.1) is 0 Å². The van der Waals surface area contributed by atoms with Crippen molar-refractivity contribution in [3.63, 3.8) is 0 Å². The van der Waals surface area contributed by atoms with Crippen LogP contribution in [0.25, 0.3) is 0 Å². The lowest BCUT2D eigenvalue weighted by Crippen LogP contribution is -2.45. The molecular weight excluding hydrogens is 204 g/mol. The number of carbonyl (C=O) groups excluding carboxylic acids is 1. The molecule has 0 saturated carbocycles. The van der Waals surface area contributed by atoms with Crippen LogP contribution in [0.15, 0.2) is 25.3 Å². The van der Waals surface area contributed by atoms with Crippen molar-refractivity contribution >= 4 is 6.09 Å². The molecule has 0 atom stereocenters. The summed E-state index contributed by atoms with van der Waals surface area (Å²) in [5.74, 6) is 0. The maximum atomic E-state index is 11.5. The van der Waals surface area contributed by atoms with Gasteiger partial charge in [0.2, 0.25) is 0 Å². The van der Waals surface area contributed by atoms with Gasteiger partial charge >= 0.3 is 6.09 Å². The van der Waals surface area contributed by atoms with Crippen LogP contribution in [0.1, 0.15) is 27.2 Å². The second kappa shape index (κ2) is 7.06. The molecule has 0 aliphatic rings. The topological polar surface area (TPSA) is 41.6 Å². The van der Waals surface area contributed by atoms with Crippen LogP contribution in [-0.4, -0.2) is 29.8 Å². The average Bonchev–Trinajstić information content (AvgIpc) is 2.11. The predicted octanol–water partition coefficient (Wildman–Crippen LogP) is 2.49. The lowest BCUT2D eigenvalue weighted by Gasteiger charge is -2.25. The quantitative estimate of drug-likeness (QED) is 0.559. The smallest absolute Gasteiger partial charge is 0.422 e. The number of amides is 1. The van der Waals surface area contributed by atoms with Gasteiger partial charge in [-0.25, -0.2) is 9.80 Å². The number of ether oxygens (including phenoxy) is 1. The summed E-state index contributed by atoms with van der Waals surface area (Å²) < 4.78 is 5.14. The molecule has 4 heteroatoms. The number of hydrogen-bond acceptors (Lipinski definition) is 3. The van der Waals surface area contributed by atoms with Gasteiger partial charge in [0.1, 0.15) is 5.60 Å². The minimum Gasteiger partial charge on any atom is -0.443 e. The van der Waals surface area contributed by atoms with E-state index in [0.29, 0.717) is 13.1 Å². The van der Waals surface area contributed by atoms with Gasteiger partial charge in [-0.15, -0.1) is 13.2 Å². The highest BCUT2D eigenvalue weighted by Gasteiger charge is 2.17. The summed E-state index contributed by atoms with van der Waals surface area (Å²) in [5, 5.41) is 1.74. The molecule has 0 saturated heterocycles. The van der Waals surface area contributed by atoms with Crippen molar-refractivity contribution in [3.05, 3.63) is 25.3 Å². The maximum Gasteiger partial charge on any atom is 0.422 e. The Kier molecular flexibility index (Phi) is 6.49. The minimum atomic E-state index is -0.484. The van der Waals surface area contributed by atoms with E-state index in [1.807, 2.05) is 20.8 Å². The van der Waals surface area contributed by atoms with Gasteiger partial charge in [0, 0.05) is 13.1 Å². The molecule has 0 bridgehead atoms. The van der Waals surface area contributed by atoms with Crippen LogP contribution in [0.2, 0.25) is 0 Å². The summed E-state index contributed by atoms with van der Waals surface area (Å²) in [6, 6.07) is 0. The van der Waals surface area contributed by atoms with Gasteiger partial charge in [-0.2, -0.15) is 0 Å². The van der Waals surface area contributed by atoms with Gasteiger partial charge < -0.3 is 4.74 Å². The zero-order chi connectivity index (χ0) is 12.6. The van der Waals surface area contributed by atoms with Crippen LogP contribution >= 0.6 is 0 Å². The average molecular weight is 226 g/mol. The summed E-state index contributed by atoms with van der Waals surface area (Å²) >= 11 is 0. The van der Waals surface area contributed by atoms with E-state index in [2.05, 4.69) is 18.6 Å². The van der Waals surface area contributed by atoms with Crippen LogP contribution < -0.4 is 5.43 Å². The lowest BCUT2D eigenvalue weighted by atomic mass is 10.2. The van der Waals surface area contributed by atoms with E-state index in [1.165, 1.54) is 0 Å². The Bertz CT molecular complexity index is 244. The third kappa shape index (κ3) is 8.05. The molecule has 0 aromatic carbocycles. The first kappa shape index (κ1) is 14.7. The highest BCUT2D eigenvalue weighted by Crippen LogP contribution is 2.06. The van der Waals surface area contributed by atoms with E-state index in [1.54, 1.807) is 17.2 Å². The van der Waals surface area contributed by atoms with Gasteiger partial charge in [0.25, 0.3) is 0 Å². The van der Waals surface area contributed by atoms with Gasteiger partial charge in [0.05, 0.1) is 0 Å². The zero-order valence-corrected chi connectivity index (χ0v) is 10.5. The zero-order valence-electron chi connectivity index (χ0n) is 10.5. The monoisotopic (exact) mass is 226 g/mol. The summed E-state index contributed by atoms with van der Waals surface area (Å²) in [7, 11) is 0. The maximum absolute atomic E-state index is 11.5. The Labute approximate surface area is 97.9 Å². The van der Waals surface area contributed by atoms with Crippen molar-refractivity contribution in [2.24, 2.45) is 0 Å². The van der Waals surface area contributed by atoms with Crippen LogP contribution in [0.5, 0.6) is 0 Å². The summed E-state index contributed by atoms with van der Waals surface area (Å²) in [4.78, 5) is 11.5. The fourth-order valence-electron chi connectivity index (χ4n) is 1.03. The third-order valence-corrected chi connectivity index (χ3v) is 1.60. The Morgan fingerprint density at radius 2 is 2.00 bits per heavy atom. The second-order valence-corrected chi connectivity index (χ2v) is 4.43. The van der Waals surface area contributed by atoms with Crippen molar-refractivity contribution in [2.75, 3.05) is 13.1 Å². The highest BCUT2D eigenvalue weighted by atomic mass is 16.6. The van der Waals surface area contributed by atoms with Crippen LogP contribution in [-0.2, 0) is 4.74 Å². The molecule has 0 radical (unpaired) electrons. The molecule has 0 heterocycles. The normalized spacial score (nSPS) is 11.0. The molecule has 0 aromatic heterocycles. The van der Waals surface area contributed by atoms with E-state index in [-0.39, 0.29) is 0 Å². The first-order valence-corrected chi connectivity index (χ1v) is 5.35.